The highest BCUT2D eigenvalue weighted by Gasteiger charge is 2.10. The quantitative estimate of drug-likeness (QED) is 0.725. The van der Waals surface area contributed by atoms with Gasteiger partial charge in [-0.25, -0.2) is 4.98 Å². The van der Waals surface area contributed by atoms with E-state index in [1.807, 2.05) is 18.2 Å². The molecule has 0 radical (unpaired) electrons. The van der Waals surface area contributed by atoms with Crippen molar-refractivity contribution in [2.24, 2.45) is 0 Å². The van der Waals surface area contributed by atoms with Gasteiger partial charge in [-0.15, -0.1) is 21.5 Å². The molecule has 0 aliphatic rings. The molecule has 6 nitrogen and oxygen atoms in total. The number of H-pyrrole nitrogens is 1. The van der Waals surface area contributed by atoms with Crippen LogP contribution in [-0.4, -0.2) is 32.7 Å². The number of benzene rings is 1. The van der Waals surface area contributed by atoms with Crippen LogP contribution in [0.25, 0.3) is 21.0 Å². The molecule has 0 saturated heterocycles. The summed E-state index contributed by atoms with van der Waals surface area (Å²) in [6.45, 7) is 0. The van der Waals surface area contributed by atoms with Crippen LogP contribution in [0.5, 0.6) is 5.75 Å². The van der Waals surface area contributed by atoms with Crippen LogP contribution in [0.15, 0.2) is 18.2 Å². The van der Waals surface area contributed by atoms with E-state index in [9.17, 15) is 0 Å². The molecule has 2 heterocycles. The molecule has 2 aromatic heterocycles. The van der Waals surface area contributed by atoms with E-state index in [-0.39, 0.29) is 0 Å². The summed E-state index contributed by atoms with van der Waals surface area (Å²) < 4.78 is 6.19. The highest BCUT2D eigenvalue weighted by atomic mass is 32.1. The number of methoxy groups -OCH3 is 1. The average Bonchev–Trinajstić information content (AvgIpc) is 2.96. The van der Waals surface area contributed by atoms with Crippen molar-refractivity contribution >= 4 is 21.6 Å². The first-order chi connectivity index (χ1) is 7.86. The highest BCUT2D eigenvalue weighted by Crippen LogP contribution is 2.30. The van der Waals surface area contributed by atoms with Crippen molar-refractivity contribution < 1.29 is 4.74 Å². The Kier molecular flexibility index (Phi) is 2.03. The van der Waals surface area contributed by atoms with Crippen LogP contribution in [0.2, 0.25) is 0 Å². The van der Waals surface area contributed by atoms with Crippen LogP contribution in [0, 0.1) is 0 Å². The minimum atomic E-state index is 0.514. The van der Waals surface area contributed by atoms with Crippen LogP contribution in [0.1, 0.15) is 0 Å². The van der Waals surface area contributed by atoms with Gasteiger partial charge in [0.1, 0.15) is 5.75 Å². The first-order valence-electron chi connectivity index (χ1n) is 4.55. The molecule has 0 atom stereocenters. The van der Waals surface area contributed by atoms with Gasteiger partial charge < -0.3 is 4.74 Å². The molecule has 3 aromatic rings. The summed E-state index contributed by atoms with van der Waals surface area (Å²) in [6, 6.07) is 5.73. The molecule has 0 saturated carbocycles. The van der Waals surface area contributed by atoms with E-state index >= 15 is 0 Å². The Morgan fingerprint density at radius 2 is 2.31 bits per heavy atom. The Hall–Kier alpha value is -2.02. The maximum Gasteiger partial charge on any atom is 0.233 e. The number of nitrogens with zero attached hydrogens (tertiary/aromatic N) is 4. The van der Waals surface area contributed by atoms with Gasteiger partial charge in [-0.3, -0.25) is 0 Å². The molecule has 0 aliphatic carbocycles. The second-order valence-corrected chi connectivity index (χ2v) is 4.12. The zero-order chi connectivity index (χ0) is 11.0. The summed E-state index contributed by atoms with van der Waals surface area (Å²) in [5.41, 5.74) is 0.908. The van der Waals surface area contributed by atoms with E-state index in [1.165, 1.54) is 11.3 Å². The molecule has 0 bridgehead atoms. The fourth-order valence-electron chi connectivity index (χ4n) is 1.38. The predicted molar refractivity (Wildman–Crippen MR) is 59.3 cm³/mol. The Bertz CT molecular complexity index is 618. The van der Waals surface area contributed by atoms with Crippen molar-refractivity contribution in [2.75, 3.05) is 7.11 Å². The number of thiazole rings is 1. The molecule has 0 aliphatic heterocycles. The Morgan fingerprint density at radius 1 is 1.38 bits per heavy atom. The third-order valence-electron chi connectivity index (χ3n) is 2.13. The predicted octanol–water partition coefficient (Wildman–Crippen LogP) is 1.48. The fraction of sp³-hybridized carbons (Fsp3) is 0.111. The lowest BCUT2D eigenvalue weighted by molar-refractivity contribution is 0.415. The number of ether oxygens (including phenoxy) is 1. The molecule has 1 N–H and O–H groups in total. The molecule has 0 amide bonds. The number of nitrogens with one attached hydrogen (secondary N) is 1. The van der Waals surface area contributed by atoms with Crippen LogP contribution in [-0.2, 0) is 0 Å². The van der Waals surface area contributed by atoms with Gasteiger partial charge in [0.2, 0.25) is 5.82 Å². The number of fused-ring (bicyclic) bond motifs is 1. The summed E-state index contributed by atoms with van der Waals surface area (Å²) in [5.74, 6) is 1.33. The number of hydrogen-bond acceptors (Lipinski definition) is 6. The third-order valence-corrected chi connectivity index (χ3v) is 3.15. The van der Waals surface area contributed by atoms with E-state index in [2.05, 4.69) is 25.6 Å². The largest absolute Gasteiger partial charge is 0.497 e. The first-order valence-corrected chi connectivity index (χ1v) is 5.37. The Balaban J connectivity index is 2.16. The van der Waals surface area contributed by atoms with Crippen LogP contribution >= 0.6 is 11.3 Å². The van der Waals surface area contributed by atoms with Crippen LogP contribution in [0.3, 0.4) is 0 Å². The number of tetrazole rings is 1. The van der Waals surface area contributed by atoms with Gasteiger partial charge in [0.25, 0.3) is 0 Å². The lowest BCUT2D eigenvalue weighted by Gasteiger charge is -1.96. The summed E-state index contributed by atoms with van der Waals surface area (Å²) >= 11 is 1.51. The molecular formula is C9H7N5OS. The molecule has 16 heavy (non-hydrogen) atoms. The van der Waals surface area contributed by atoms with E-state index in [0.29, 0.717) is 5.82 Å². The zero-order valence-corrected chi connectivity index (χ0v) is 9.15. The van der Waals surface area contributed by atoms with E-state index in [1.54, 1.807) is 7.11 Å². The summed E-state index contributed by atoms with van der Waals surface area (Å²) in [6.07, 6.45) is 0. The maximum atomic E-state index is 5.15. The lowest BCUT2D eigenvalue weighted by Crippen LogP contribution is -1.80. The van der Waals surface area contributed by atoms with Gasteiger partial charge in [-0.2, -0.15) is 5.21 Å². The van der Waals surface area contributed by atoms with Crippen molar-refractivity contribution in [3.05, 3.63) is 18.2 Å². The Morgan fingerprint density at radius 3 is 3.06 bits per heavy atom. The number of hydrogen-bond donors (Lipinski definition) is 1. The summed E-state index contributed by atoms with van der Waals surface area (Å²) in [5, 5.41) is 14.4. The monoisotopic (exact) mass is 233 g/mol. The number of rotatable bonds is 2. The van der Waals surface area contributed by atoms with Gasteiger partial charge in [-0.1, -0.05) is 0 Å². The fourth-order valence-corrected chi connectivity index (χ4v) is 2.30. The molecule has 7 heteroatoms. The average molecular weight is 233 g/mol. The van der Waals surface area contributed by atoms with Gasteiger partial charge >= 0.3 is 0 Å². The second-order valence-electron chi connectivity index (χ2n) is 3.09. The second kappa shape index (κ2) is 3.53. The third kappa shape index (κ3) is 1.41. The highest BCUT2D eigenvalue weighted by molar-refractivity contribution is 7.21. The standard InChI is InChI=1S/C9H7N5OS/c1-15-5-2-3-6-7(4-5)16-9(10-6)8-11-13-14-12-8/h2-4H,1H3,(H,11,12,13,14). The van der Waals surface area contributed by atoms with E-state index in [0.717, 1.165) is 21.0 Å². The van der Waals surface area contributed by atoms with E-state index < -0.39 is 0 Å². The topological polar surface area (TPSA) is 76.6 Å². The van der Waals surface area contributed by atoms with Crippen molar-refractivity contribution in [1.29, 1.82) is 0 Å². The van der Waals surface area contributed by atoms with E-state index in [4.69, 9.17) is 4.74 Å². The van der Waals surface area contributed by atoms with Crippen molar-refractivity contribution in [3.63, 3.8) is 0 Å². The smallest absolute Gasteiger partial charge is 0.233 e. The molecule has 80 valence electrons. The van der Waals surface area contributed by atoms with Crippen molar-refractivity contribution in [2.45, 2.75) is 0 Å². The van der Waals surface area contributed by atoms with Gasteiger partial charge in [-0.05, 0) is 23.4 Å². The lowest BCUT2D eigenvalue weighted by atomic mass is 10.3. The first kappa shape index (κ1) is 9.22. The van der Waals surface area contributed by atoms with Crippen molar-refractivity contribution in [1.82, 2.24) is 25.6 Å². The minimum Gasteiger partial charge on any atom is -0.497 e. The normalized spacial score (nSPS) is 10.8. The Labute approximate surface area is 94.3 Å². The zero-order valence-electron chi connectivity index (χ0n) is 8.34. The molecule has 0 unspecified atom stereocenters. The molecule has 0 fully saturated rings. The summed E-state index contributed by atoms with van der Waals surface area (Å²) in [4.78, 5) is 4.41. The van der Waals surface area contributed by atoms with Gasteiger partial charge in [0.15, 0.2) is 5.01 Å². The van der Waals surface area contributed by atoms with Crippen molar-refractivity contribution in [3.8, 4) is 16.6 Å². The maximum absolute atomic E-state index is 5.15. The molecule has 1 aromatic carbocycles. The SMILES string of the molecule is COc1ccc2nc(-c3nn[nH]n3)sc2c1. The summed E-state index contributed by atoms with van der Waals surface area (Å²) in [7, 11) is 1.64. The van der Waals surface area contributed by atoms with Crippen LogP contribution in [0.4, 0.5) is 0 Å². The molecular weight excluding hydrogens is 226 g/mol. The van der Waals surface area contributed by atoms with Gasteiger partial charge in [0.05, 0.1) is 17.3 Å². The molecule has 0 spiro atoms. The van der Waals surface area contributed by atoms with Crippen LogP contribution < -0.4 is 4.74 Å². The minimum absolute atomic E-state index is 0.514. The number of aromatic amines is 1. The molecule has 3 rings (SSSR count). The van der Waals surface area contributed by atoms with Gasteiger partial charge in [0, 0.05) is 0 Å². The number of aromatic nitrogens is 5.